The van der Waals surface area contributed by atoms with E-state index < -0.39 is 6.10 Å². The zero-order chi connectivity index (χ0) is 22.5. The Morgan fingerprint density at radius 2 is 1.56 bits per heavy atom. The Morgan fingerprint density at radius 3 is 2.28 bits per heavy atom. The molecule has 1 atom stereocenters. The minimum absolute atomic E-state index is 0.199. The average molecular weight is 428 g/mol. The second-order valence-electron chi connectivity index (χ2n) is 7.55. The number of aryl methyl sites for hydroxylation is 2. The Labute approximate surface area is 187 Å². The molecule has 162 valence electrons. The fraction of sp³-hybridized carbons (Fsp3) is 0.192. The van der Waals surface area contributed by atoms with Crippen molar-refractivity contribution < 1.29 is 13.9 Å². The molecule has 0 saturated carbocycles. The third kappa shape index (κ3) is 4.54. The first-order valence-corrected chi connectivity index (χ1v) is 10.6. The van der Waals surface area contributed by atoms with Gasteiger partial charge >= 0.3 is 0 Å². The van der Waals surface area contributed by atoms with Crippen LogP contribution in [0.25, 0.3) is 22.9 Å². The summed E-state index contributed by atoms with van der Waals surface area (Å²) < 4.78 is 12.0. The van der Waals surface area contributed by atoms with Crippen LogP contribution in [0.5, 0.6) is 5.75 Å². The first-order chi connectivity index (χ1) is 15.6. The summed E-state index contributed by atoms with van der Waals surface area (Å²) in [5, 5.41) is 11.4. The number of carbonyl (C=O) groups is 1. The molecule has 0 aliphatic rings. The van der Waals surface area contributed by atoms with Gasteiger partial charge in [0.1, 0.15) is 5.75 Å². The molecule has 0 bridgehead atoms. The normalized spacial score (nSPS) is 11.7. The van der Waals surface area contributed by atoms with Crippen molar-refractivity contribution in [2.45, 2.75) is 33.3 Å². The van der Waals surface area contributed by atoms with Crippen molar-refractivity contribution in [3.05, 3.63) is 83.9 Å². The van der Waals surface area contributed by atoms with E-state index in [-0.39, 0.29) is 5.91 Å². The van der Waals surface area contributed by atoms with Gasteiger partial charge in [0.15, 0.2) is 6.10 Å². The second kappa shape index (κ2) is 9.47. The maximum absolute atomic E-state index is 13.0. The molecule has 0 saturated heterocycles. The predicted molar refractivity (Wildman–Crippen MR) is 124 cm³/mol. The maximum Gasteiger partial charge on any atom is 0.265 e. The van der Waals surface area contributed by atoms with E-state index in [1.165, 1.54) is 0 Å². The molecule has 0 radical (unpaired) electrons. The predicted octanol–water partition coefficient (Wildman–Crippen LogP) is 5.82. The van der Waals surface area contributed by atoms with E-state index in [1.54, 1.807) is 6.07 Å². The van der Waals surface area contributed by atoms with Gasteiger partial charge in [-0.2, -0.15) is 0 Å². The topological polar surface area (TPSA) is 77.2 Å². The Hall–Kier alpha value is -3.93. The largest absolute Gasteiger partial charge is 0.480 e. The number of hydrogen-bond acceptors (Lipinski definition) is 5. The molecule has 1 N–H and O–H groups in total. The molecule has 32 heavy (non-hydrogen) atoms. The van der Waals surface area contributed by atoms with Crippen molar-refractivity contribution in [3.8, 4) is 28.7 Å². The van der Waals surface area contributed by atoms with Crippen molar-refractivity contribution in [1.29, 1.82) is 0 Å². The lowest BCUT2D eigenvalue weighted by molar-refractivity contribution is -0.122. The SMILES string of the molecule is CC[C@H](Oc1ccccc1-c1nnc(-c2ccccc2)o1)C(=O)Nc1c(C)cccc1C. The van der Waals surface area contributed by atoms with Gasteiger partial charge in [0, 0.05) is 11.3 Å². The quantitative estimate of drug-likeness (QED) is 0.402. The van der Waals surface area contributed by atoms with Gasteiger partial charge in [-0.3, -0.25) is 4.79 Å². The first kappa shape index (κ1) is 21.3. The number of benzene rings is 3. The highest BCUT2D eigenvalue weighted by Gasteiger charge is 2.23. The lowest BCUT2D eigenvalue weighted by Crippen LogP contribution is -2.33. The highest BCUT2D eigenvalue weighted by Crippen LogP contribution is 2.32. The minimum Gasteiger partial charge on any atom is -0.480 e. The van der Waals surface area contributed by atoms with Crippen LogP contribution in [0.1, 0.15) is 24.5 Å². The van der Waals surface area contributed by atoms with Crippen LogP contribution in [0.3, 0.4) is 0 Å². The van der Waals surface area contributed by atoms with Crippen LogP contribution in [0.4, 0.5) is 5.69 Å². The Balaban J connectivity index is 1.57. The van der Waals surface area contributed by atoms with Crippen LogP contribution in [-0.4, -0.2) is 22.2 Å². The van der Waals surface area contributed by atoms with Gasteiger partial charge in [-0.05, 0) is 55.7 Å². The number of rotatable bonds is 7. The molecule has 1 heterocycles. The van der Waals surface area contributed by atoms with Gasteiger partial charge in [0.05, 0.1) is 5.56 Å². The van der Waals surface area contributed by atoms with Crippen LogP contribution >= 0.6 is 0 Å². The highest BCUT2D eigenvalue weighted by atomic mass is 16.5. The van der Waals surface area contributed by atoms with Crippen molar-refractivity contribution in [2.24, 2.45) is 0 Å². The van der Waals surface area contributed by atoms with Crippen molar-refractivity contribution in [1.82, 2.24) is 10.2 Å². The molecule has 0 aliphatic heterocycles. The fourth-order valence-electron chi connectivity index (χ4n) is 3.47. The monoisotopic (exact) mass is 427 g/mol. The summed E-state index contributed by atoms with van der Waals surface area (Å²) in [6, 6.07) is 22.8. The summed E-state index contributed by atoms with van der Waals surface area (Å²) in [6.45, 7) is 5.86. The summed E-state index contributed by atoms with van der Waals surface area (Å²) in [5.41, 5.74) is 4.31. The van der Waals surface area contributed by atoms with Gasteiger partial charge in [-0.1, -0.05) is 55.5 Å². The standard InChI is InChI=1S/C26H25N3O3/c1-4-21(24(30)27-23-17(2)11-10-12-18(23)3)31-22-16-9-8-15-20(22)26-29-28-25(32-26)19-13-6-5-7-14-19/h5-16,21H,4H2,1-3H3,(H,27,30)/t21-/m0/s1. The smallest absolute Gasteiger partial charge is 0.265 e. The number of nitrogens with one attached hydrogen (secondary N) is 1. The van der Waals surface area contributed by atoms with Crippen LogP contribution < -0.4 is 10.1 Å². The molecule has 0 unspecified atom stereocenters. The van der Waals surface area contributed by atoms with E-state index in [2.05, 4.69) is 15.5 Å². The summed E-state index contributed by atoms with van der Waals surface area (Å²) in [4.78, 5) is 13.0. The summed E-state index contributed by atoms with van der Waals surface area (Å²) in [6.07, 6.45) is -0.170. The molecule has 6 nitrogen and oxygen atoms in total. The Morgan fingerprint density at radius 1 is 0.906 bits per heavy atom. The molecule has 0 spiro atoms. The molecule has 6 heteroatoms. The number of hydrogen-bond donors (Lipinski definition) is 1. The lowest BCUT2D eigenvalue weighted by Gasteiger charge is -2.20. The summed E-state index contributed by atoms with van der Waals surface area (Å²) in [5.74, 6) is 1.08. The van der Waals surface area contributed by atoms with Crippen LogP contribution in [0, 0.1) is 13.8 Å². The second-order valence-corrected chi connectivity index (χ2v) is 7.55. The minimum atomic E-state index is -0.674. The van der Waals surface area contributed by atoms with E-state index in [0.717, 1.165) is 22.4 Å². The fourth-order valence-corrected chi connectivity index (χ4v) is 3.47. The van der Waals surface area contributed by atoms with E-state index in [0.29, 0.717) is 29.5 Å². The molecule has 0 fully saturated rings. The molecule has 3 aromatic carbocycles. The van der Waals surface area contributed by atoms with E-state index in [9.17, 15) is 4.79 Å². The first-order valence-electron chi connectivity index (χ1n) is 10.6. The van der Waals surface area contributed by atoms with Gasteiger partial charge < -0.3 is 14.5 Å². The number of amides is 1. The number of anilines is 1. The number of nitrogens with zero attached hydrogens (tertiary/aromatic N) is 2. The van der Waals surface area contributed by atoms with Gasteiger partial charge in [0.25, 0.3) is 11.8 Å². The maximum atomic E-state index is 13.0. The van der Waals surface area contributed by atoms with E-state index >= 15 is 0 Å². The van der Waals surface area contributed by atoms with Crippen molar-refractivity contribution >= 4 is 11.6 Å². The Bertz CT molecular complexity index is 1200. The molecule has 4 aromatic rings. The Kier molecular flexibility index (Phi) is 6.31. The van der Waals surface area contributed by atoms with Gasteiger partial charge in [-0.25, -0.2) is 0 Å². The summed E-state index contributed by atoms with van der Waals surface area (Å²) in [7, 11) is 0. The third-order valence-electron chi connectivity index (χ3n) is 5.22. The lowest BCUT2D eigenvalue weighted by atomic mass is 10.1. The molecule has 1 aromatic heterocycles. The van der Waals surface area contributed by atoms with Crippen LogP contribution in [-0.2, 0) is 4.79 Å². The summed E-state index contributed by atoms with van der Waals surface area (Å²) >= 11 is 0. The zero-order valence-electron chi connectivity index (χ0n) is 18.3. The number of ether oxygens (including phenoxy) is 1. The number of carbonyl (C=O) groups excluding carboxylic acids is 1. The molecular weight excluding hydrogens is 402 g/mol. The molecule has 1 amide bonds. The number of para-hydroxylation sites is 2. The highest BCUT2D eigenvalue weighted by molar-refractivity contribution is 5.95. The van der Waals surface area contributed by atoms with E-state index in [4.69, 9.17) is 9.15 Å². The van der Waals surface area contributed by atoms with Crippen LogP contribution in [0.15, 0.2) is 77.2 Å². The van der Waals surface area contributed by atoms with E-state index in [1.807, 2.05) is 87.5 Å². The zero-order valence-corrected chi connectivity index (χ0v) is 18.3. The molecule has 4 rings (SSSR count). The van der Waals surface area contributed by atoms with Crippen molar-refractivity contribution in [2.75, 3.05) is 5.32 Å². The molecule has 0 aliphatic carbocycles. The van der Waals surface area contributed by atoms with Gasteiger partial charge in [-0.15, -0.1) is 10.2 Å². The molecular formula is C26H25N3O3. The van der Waals surface area contributed by atoms with Gasteiger partial charge in [0.2, 0.25) is 5.89 Å². The third-order valence-corrected chi connectivity index (χ3v) is 5.22. The van der Waals surface area contributed by atoms with Crippen LogP contribution in [0.2, 0.25) is 0 Å². The van der Waals surface area contributed by atoms with Crippen molar-refractivity contribution in [3.63, 3.8) is 0 Å². The average Bonchev–Trinajstić information content (AvgIpc) is 3.31. The number of aromatic nitrogens is 2.